The lowest BCUT2D eigenvalue weighted by Gasteiger charge is -2.07. The Balaban J connectivity index is 1.74. The first kappa shape index (κ1) is 19.9. The molecular formula is C22H21NO4. The smallest absolute Gasteiger partial charge is 0.338 e. The van der Waals surface area contributed by atoms with Gasteiger partial charge in [0.15, 0.2) is 0 Å². The van der Waals surface area contributed by atoms with Gasteiger partial charge in [0.25, 0.3) is 0 Å². The molecule has 27 heavy (non-hydrogen) atoms. The number of esters is 2. The molecule has 0 aliphatic rings. The highest BCUT2D eigenvalue weighted by atomic mass is 16.5. The summed E-state index contributed by atoms with van der Waals surface area (Å²) in [7, 11) is 0. The van der Waals surface area contributed by atoms with E-state index in [0.717, 1.165) is 30.0 Å². The molecule has 0 aliphatic heterocycles. The number of rotatable bonds is 9. The van der Waals surface area contributed by atoms with Crippen LogP contribution in [-0.4, -0.2) is 25.2 Å². The van der Waals surface area contributed by atoms with Gasteiger partial charge in [0.2, 0.25) is 0 Å². The van der Waals surface area contributed by atoms with Crippen LogP contribution in [0.5, 0.6) is 0 Å². The molecule has 0 spiro atoms. The maximum absolute atomic E-state index is 12.1. The highest BCUT2D eigenvalue weighted by molar-refractivity contribution is 5.90. The third-order valence-corrected chi connectivity index (χ3v) is 3.90. The van der Waals surface area contributed by atoms with Crippen molar-refractivity contribution in [2.45, 2.75) is 19.3 Å². The van der Waals surface area contributed by atoms with Gasteiger partial charge in [-0.25, -0.2) is 9.59 Å². The van der Waals surface area contributed by atoms with Gasteiger partial charge < -0.3 is 9.47 Å². The lowest BCUT2D eigenvalue weighted by atomic mass is 10.0. The van der Waals surface area contributed by atoms with Gasteiger partial charge in [-0.1, -0.05) is 30.8 Å². The summed E-state index contributed by atoms with van der Waals surface area (Å²) in [4.78, 5) is 22.9. The minimum absolute atomic E-state index is 0.325. The molecule has 0 fully saturated rings. The van der Waals surface area contributed by atoms with Crippen LogP contribution >= 0.6 is 0 Å². The van der Waals surface area contributed by atoms with Gasteiger partial charge >= 0.3 is 11.9 Å². The second-order valence-electron chi connectivity index (χ2n) is 5.83. The fourth-order valence-corrected chi connectivity index (χ4v) is 2.40. The maximum atomic E-state index is 12.1. The van der Waals surface area contributed by atoms with Crippen LogP contribution in [0.2, 0.25) is 0 Å². The summed E-state index contributed by atoms with van der Waals surface area (Å²) in [6, 6.07) is 16.5. The maximum Gasteiger partial charge on any atom is 0.338 e. The van der Waals surface area contributed by atoms with Gasteiger partial charge in [0.05, 0.1) is 30.4 Å². The van der Waals surface area contributed by atoms with Crippen molar-refractivity contribution >= 4 is 11.9 Å². The summed E-state index contributed by atoms with van der Waals surface area (Å²) in [5, 5.41) is 8.84. The van der Waals surface area contributed by atoms with Crippen LogP contribution in [0.4, 0.5) is 0 Å². The number of benzene rings is 2. The molecule has 5 nitrogen and oxygen atoms in total. The standard InChI is InChI=1S/C22H21NO4/c1-2-21(24)26-14-4-3-5-15-27-22(25)20-12-10-19(11-13-20)18-8-6-17(16-23)7-9-18/h2,6-13H,1,3-5,14-15H2. The van der Waals surface area contributed by atoms with Crippen molar-refractivity contribution in [3.63, 3.8) is 0 Å². The topological polar surface area (TPSA) is 76.4 Å². The Bertz CT molecular complexity index is 817. The zero-order chi connectivity index (χ0) is 19.5. The quantitative estimate of drug-likeness (QED) is 0.377. The Morgan fingerprint density at radius 1 is 0.889 bits per heavy atom. The van der Waals surface area contributed by atoms with E-state index >= 15 is 0 Å². The largest absolute Gasteiger partial charge is 0.463 e. The Labute approximate surface area is 158 Å². The van der Waals surface area contributed by atoms with Gasteiger partial charge in [-0.3, -0.25) is 0 Å². The van der Waals surface area contributed by atoms with Gasteiger partial charge in [-0.15, -0.1) is 0 Å². The van der Waals surface area contributed by atoms with Crippen LogP contribution in [0.25, 0.3) is 11.1 Å². The minimum atomic E-state index is -0.425. The molecule has 0 saturated carbocycles. The molecule has 2 rings (SSSR count). The van der Waals surface area contributed by atoms with Gasteiger partial charge in [0, 0.05) is 6.08 Å². The molecule has 0 aromatic heterocycles. The molecule has 0 N–H and O–H groups in total. The van der Waals surface area contributed by atoms with Crippen LogP contribution in [0.3, 0.4) is 0 Å². The molecule has 2 aromatic rings. The van der Waals surface area contributed by atoms with Crippen LogP contribution in [0.1, 0.15) is 35.2 Å². The number of carbonyl (C=O) groups excluding carboxylic acids is 2. The van der Waals surface area contributed by atoms with Crippen LogP contribution in [0.15, 0.2) is 61.2 Å². The molecule has 0 saturated heterocycles. The van der Waals surface area contributed by atoms with E-state index in [0.29, 0.717) is 30.8 Å². The van der Waals surface area contributed by atoms with Gasteiger partial charge in [-0.05, 0) is 54.7 Å². The summed E-state index contributed by atoms with van der Waals surface area (Å²) >= 11 is 0. The van der Waals surface area contributed by atoms with Crippen molar-refractivity contribution in [3.05, 3.63) is 72.3 Å². The van der Waals surface area contributed by atoms with Gasteiger partial charge in [-0.2, -0.15) is 5.26 Å². The van der Waals surface area contributed by atoms with Gasteiger partial charge in [0.1, 0.15) is 0 Å². The second kappa shape index (κ2) is 10.6. The molecule has 0 atom stereocenters. The first-order valence-corrected chi connectivity index (χ1v) is 8.71. The van der Waals surface area contributed by atoms with Crippen molar-refractivity contribution in [3.8, 4) is 17.2 Å². The summed E-state index contributed by atoms with van der Waals surface area (Å²) in [5.74, 6) is -0.787. The molecule has 0 amide bonds. The van der Waals surface area contributed by atoms with E-state index in [2.05, 4.69) is 12.6 Å². The third kappa shape index (κ3) is 6.44. The monoisotopic (exact) mass is 363 g/mol. The molecule has 0 bridgehead atoms. The van der Waals surface area contributed by atoms with E-state index in [1.807, 2.05) is 24.3 Å². The number of carbonyl (C=O) groups is 2. The van der Waals surface area contributed by atoms with Crippen LogP contribution in [-0.2, 0) is 14.3 Å². The van der Waals surface area contributed by atoms with E-state index in [9.17, 15) is 9.59 Å². The molecule has 0 heterocycles. The van der Waals surface area contributed by atoms with Crippen molar-refractivity contribution in [1.82, 2.24) is 0 Å². The Kier molecular flexibility index (Phi) is 7.80. The number of unbranched alkanes of at least 4 members (excludes halogenated alkanes) is 2. The average Bonchev–Trinajstić information content (AvgIpc) is 2.72. The molecule has 0 unspecified atom stereocenters. The first-order chi connectivity index (χ1) is 13.1. The Morgan fingerprint density at radius 2 is 1.44 bits per heavy atom. The van der Waals surface area contributed by atoms with Crippen LogP contribution in [0, 0.1) is 11.3 Å². The lowest BCUT2D eigenvalue weighted by Crippen LogP contribution is -2.07. The summed E-state index contributed by atoms with van der Waals surface area (Å²) in [5.41, 5.74) is 3.04. The summed E-state index contributed by atoms with van der Waals surface area (Å²) < 4.78 is 10.1. The number of ether oxygens (including phenoxy) is 2. The predicted octanol–water partition coefficient (Wildman–Crippen LogP) is 4.28. The third-order valence-electron chi connectivity index (χ3n) is 3.90. The fourth-order valence-electron chi connectivity index (χ4n) is 2.40. The van der Waals surface area contributed by atoms with E-state index in [1.165, 1.54) is 0 Å². The summed E-state index contributed by atoms with van der Waals surface area (Å²) in [6.07, 6.45) is 3.36. The average molecular weight is 363 g/mol. The molecule has 0 aliphatic carbocycles. The van der Waals surface area contributed by atoms with Crippen molar-refractivity contribution in [2.24, 2.45) is 0 Å². The molecule has 5 heteroatoms. The number of nitriles is 1. The second-order valence-corrected chi connectivity index (χ2v) is 5.83. The highest BCUT2D eigenvalue weighted by Crippen LogP contribution is 2.20. The lowest BCUT2D eigenvalue weighted by molar-refractivity contribution is -0.137. The first-order valence-electron chi connectivity index (χ1n) is 8.71. The van der Waals surface area contributed by atoms with Crippen molar-refractivity contribution in [1.29, 1.82) is 5.26 Å². The zero-order valence-corrected chi connectivity index (χ0v) is 15.0. The number of nitrogens with zero attached hydrogens (tertiary/aromatic N) is 1. The fraction of sp³-hybridized carbons (Fsp3) is 0.227. The minimum Gasteiger partial charge on any atom is -0.463 e. The zero-order valence-electron chi connectivity index (χ0n) is 15.0. The highest BCUT2D eigenvalue weighted by Gasteiger charge is 2.07. The number of hydrogen-bond donors (Lipinski definition) is 0. The predicted molar refractivity (Wildman–Crippen MR) is 102 cm³/mol. The van der Waals surface area contributed by atoms with Crippen molar-refractivity contribution < 1.29 is 19.1 Å². The summed E-state index contributed by atoms with van der Waals surface area (Å²) in [6.45, 7) is 3.99. The van der Waals surface area contributed by atoms with E-state index in [1.54, 1.807) is 24.3 Å². The number of hydrogen-bond acceptors (Lipinski definition) is 5. The van der Waals surface area contributed by atoms with Crippen molar-refractivity contribution in [2.75, 3.05) is 13.2 Å². The molecule has 0 radical (unpaired) electrons. The molecule has 138 valence electrons. The van der Waals surface area contributed by atoms with E-state index in [-0.39, 0.29) is 5.97 Å². The SMILES string of the molecule is C=CC(=O)OCCCCCOC(=O)c1ccc(-c2ccc(C#N)cc2)cc1. The van der Waals surface area contributed by atoms with E-state index in [4.69, 9.17) is 14.7 Å². The Morgan fingerprint density at radius 3 is 2.00 bits per heavy atom. The Hall–Kier alpha value is -3.39. The van der Waals surface area contributed by atoms with E-state index < -0.39 is 5.97 Å². The molecule has 2 aromatic carbocycles. The normalized spacial score (nSPS) is 9.89. The molecular weight excluding hydrogens is 342 g/mol. The van der Waals surface area contributed by atoms with Crippen LogP contribution < -0.4 is 0 Å².